The molecular weight excluding hydrogens is 314 g/mol. The Kier molecular flexibility index (Phi) is 3.94. The largest absolute Gasteiger partial charge is 0.488 e. The quantitative estimate of drug-likeness (QED) is 0.930. The van der Waals surface area contributed by atoms with Crippen molar-refractivity contribution >= 4 is 37.5 Å². The van der Waals surface area contributed by atoms with Gasteiger partial charge < -0.3 is 9.84 Å². The van der Waals surface area contributed by atoms with E-state index in [1.165, 1.54) is 0 Å². The third kappa shape index (κ3) is 2.53. The van der Waals surface area contributed by atoms with Crippen molar-refractivity contribution in [2.75, 3.05) is 0 Å². The first kappa shape index (κ1) is 13.8. The summed E-state index contributed by atoms with van der Waals surface area (Å²) < 4.78 is 7.79. The fourth-order valence-electron chi connectivity index (χ4n) is 1.68. The second kappa shape index (κ2) is 5.15. The van der Waals surface area contributed by atoms with Crippen LogP contribution in [0.4, 0.5) is 0 Å². The van der Waals surface area contributed by atoms with E-state index < -0.39 is 6.10 Å². The SMILES string of the molecule is Cc1c(OC(C)C(C)O)cc2sc(Br)nc2c1C. The molecule has 2 aromatic rings. The van der Waals surface area contributed by atoms with Gasteiger partial charge in [0.15, 0.2) is 3.92 Å². The van der Waals surface area contributed by atoms with E-state index in [1.807, 2.05) is 26.8 Å². The number of nitrogens with zero attached hydrogens (tertiary/aromatic N) is 1. The Balaban J connectivity index is 2.48. The summed E-state index contributed by atoms with van der Waals surface area (Å²) in [6.07, 6.45) is -0.717. The Hall–Kier alpha value is -0.650. The van der Waals surface area contributed by atoms with E-state index >= 15 is 0 Å². The molecule has 0 saturated carbocycles. The minimum atomic E-state index is -0.492. The molecule has 0 radical (unpaired) electrons. The van der Waals surface area contributed by atoms with Gasteiger partial charge in [0, 0.05) is 0 Å². The second-order valence-corrected chi connectivity index (χ2v) is 6.81. The third-order valence-corrected chi connectivity index (χ3v) is 4.62. The van der Waals surface area contributed by atoms with Crippen molar-refractivity contribution in [2.24, 2.45) is 0 Å². The van der Waals surface area contributed by atoms with Gasteiger partial charge in [-0.05, 0) is 60.8 Å². The maximum absolute atomic E-state index is 9.52. The zero-order chi connectivity index (χ0) is 13.4. The summed E-state index contributed by atoms with van der Waals surface area (Å²) >= 11 is 5.00. The van der Waals surface area contributed by atoms with E-state index in [4.69, 9.17) is 4.74 Å². The molecule has 0 aliphatic carbocycles. The third-order valence-electron chi connectivity index (χ3n) is 3.17. The highest BCUT2D eigenvalue weighted by molar-refractivity contribution is 9.11. The molecule has 0 bridgehead atoms. The van der Waals surface area contributed by atoms with Crippen molar-refractivity contribution in [2.45, 2.75) is 39.9 Å². The van der Waals surface area contributed by atoms with E-state index in [2.05, 4.69) is 20.9 Å². The van der Waals surface area contributed by atoms with Gasteiger partial charge in [0.2, 0.25) is 0 Å². The van der Waals surface area contributed by atoms with Crippen LogP contribution >= 0.6 is 27.3 Å². The molecule has 2 rings (SSSR count). The van der Waals surface area contributed by atoms with Crippen LogP contribution in [0.5, 0.6) is 5.75 Å². The van der Waals surface area contributed by atoms with E-state index in [-0.39, 0.29) is 6.10 Å². The van der Waals surface area contributed by atoms with Gasteiger partial charge in [0.1, 0.15) is 11.9 Å². The highest BCUT2D eigenvalue weighted by atomic mass is 79.9. The van der Waals surface area contributed by atoms with Crippen LogP contribution in [0.1, 0.15) is 25.0 Å². The van der Waals surface area contributed by atoms with Crippen LogP contribution in [0.2, 0.25) is 0 Å². The number of benzene rings is 1. The van der Waals surface area contributed by atoms with Crippen molar-refractivity contribution in [3.05, 3.63) is 21.1 Å². The number of thiazole rings is 1. The highest BCUT2D eigenvalue weighted by Gasteiger charge is 2.16. The Morgan fingerprint density at radius 3 is 2.61 bits per heavy atom. The predicted octanol–water partition coefficient (Wildman–Crippen LogP) is 3.82. The smallest absolute Gasteiger partial charge is 0.160 e. The maximum atomic E-state index is 9.52. The van der Waals surface area contributed by atoms with Crippen LogP contribution in [0.3, 0.4) is 0 Å². The number of fused-ring (bicyclic) bond motifs is 1. The topological polar surface area (TPSA) is 42.4 Å². The van der Waals surface area contributed by atoms with Gasteiger partial charge in [-0.3, -0.25) is 0 Å². The molecule has 18 heavy (non-hydrogen) atoms. The van der Waals surface area contributed by atoms with Gasteiger partial charge in [0.05, 0.1) is 16.3 Å². The first-order valence-electron chi connectivity index (χ1n) is 5.81. The minimum absolute atomic E-state index is 0.225. The summed E-state index contributed by atoms with van der Waals surface area (Å²) in [5.41, 5.74) is 3.22. The number of ether oxygens (including phenoxy) is 1. The van der Waals surface area contributed by atoms with Gasteiger partial charge in [-0.15, -0.1) is 11.3 Å². The summed E-state index contributed by atoms with van der Waals surface area (Å²) in [5, 5.41) is 9.52. The number of rotatable bonds is 3. The molecule has 1 heterocycles. The molecule has 2 unspecified atom stereocenters. The summed E-state index contributed by atoms with van der Waals surface area (Å²) in [6, 6.07) is 2.00. The number of aromatic nitrogens is 1. The highest BCUT2D eigenvalue weighted by Crippen LogP contribution is 2.35. The molecule has 1 aromatic carbocycles. The average Bonchev–Trinajstić information content (AvgIpc) is 2.66. The number of aliphatic hydroxyl groups is 1. The lowest BCUT2D eigenvalue weighted by Crippen LogP contribution is -2.25. The number of aryl methyl sites for hydroxylation is 1. The molecule has 1 N–H and O–H groups in total. The number of hydrogen-bond acceptors (Lipinski definition) is 4. The van der Waals surface area contributed by atoms with Crippen LogP contribution in [-0.4, -0.2) is 22.3 Å². The normalized spacial score (nSPS) is 14.8. The zero-order valence-corrected chi connectivity index (χ0v) is 13.2. The van der Waals surface area contributed by atoms with Gasteiger partial charge in [-0.2, -0.15) is 0 Å². The van der Waals surface area contributed by atoms with Crippen molar-refractivity contribution in [1.82, 2.24) is 4.98 Å². The summed E-state index contributed by atoms with van der Waals surface area (Å²) in [5.74, 6) is 0.824. The molecule has 0 aliphatic heterocycles. The maximum Gasteiger partial charge on any atom is 0.160 e. The van der Waals surface area contributed by atoms with Crippen molar-refractivity contribution in [1.29, 1.82) is 0 Å². The summed E-state index contributed by atoms with van der Waals surface area (Å²) in [6.45, 7) is 7.66. The Labute approximate surface area is 119 Å². The summed E-state index contributed by atoms with van der Waals surface area (Å²) in [4.78, 5) is 4.46. The van der Waals surface area contributed by atoms with Gasteiger partial charge in [-0.1, -0.05) is 0 Å². The standard InChI is InChI=1S/C13H16BrNO2S/c1-6-7(2)12-11(18-13(14)15-12)5-10(6)17-9(4)8(3)16/h5,8-9,16H,1-4H3. The Morgan fingerprint density at radius 1 is 1.33 bits per heavy atom. The van der Waals surface area contributed by atoms with Gasteiger partial charge in [-0.25, -0.2) is 4.98 Å². The first-order chi connectivity index (χ1) is 8.40. The van der Waals surface area contributed by atoms with Crippen molar-refractivity contribution in [3.8, 4) is 5.75 Å². The summed E-state index contributed by atoms with van der Waals surface area (Å²) in [7, 11) is 0. The van der Waals surface area contributed by atoms with Crippen molar-refractivity contribution < 1.29 is 9.84 Å². The van der Waals surface area contributed by atoms with Crippen LogP contribution in [-0.2, 0) is 0 Å². The molecule has 0 spiro atoms. The molecule has 2 atom stereocenters. The van der Waals surface area contributed by atoms with Crippen LogP contribution < -0.4 is 4.74 Å². The molecule has 0 amide bonds. The van der Waals surface area contributed by atoms with E-state index in [0.717, 1.165) is 31.0 Å². The van der Waals surface area contributed by atoms with Crippen LogP contribution in [0.25, 0.3) is 10.2 Å². The predicted molar refractivity (Wildman–Crippen MR) is 78.6 cm³/mol. The lowest BCUT2D eigenvalue weighted by atomic mass is 10.1. The lowest BCUT2D eigenvalue weighted by Gasteiger charge is -2.19. The number of halogens is 1. The molecule has 3 nitrogen and oxygen atoms in total. The number of hydrogen-bond donors (Lipinski definition) is 1. The van der Waals surface area contributed by atoms with Gasteiger partial charge >= 0.3 is 0 Å². The first-order valence-corrected chi connectivity index (χ1v) is 7.42. The zero-order valence-electron chi connectivity index (χ0n) is 10.8. The second-order valence-electron chi connectivity index (χ2n) is 4.50. The van der Waals surface area contributed by atoms with Crippen LogP contribution in [0, 0.1) is 13.8 Å². The molecule has 98 valence electrons. The van der Waals surface area contributed by atoms with E-state index in [1.54, 1.807) is 18.3 Å². The van der Waals surface area contributed by atoms with E-state index in [0.29, 0.717) is 0 Å². The minimum Gasteiger partial charge on any atom is -0.488 e. The molecule has 5 heteroatoms. The molecule has 1 aromatic heterocycles. The lowest BCUT2D eigenvalue weighted by molar-refractivity contribution is 0.0601. The van der Waals surface area contributed by atoms with Crippen LogP contribution in [0.15, 0.2) is 9.98 Å². The number of aliphatic hydroxyl groups excluding tert-OH is 1. The fraction of sp³-hybridized carbons (Fsp3) is 0.462. The molecule has 0 fully saturated rings. The molecule has 0 aliphatic rings. The Bertz CT molecular complexity index is 580. The molecule has 0 saturated heterocycles. The van der Waals surface area contributed by atoms with Gasteiger partial charge in [0.25, 0.3) is 0 Å². The van der Waals surface area contributed by atoms with Crippen molar-refractivity contribution in [3.63, 3.8) is 0 Å². The monoisotopic (exact) mass is 329 g/mol. The Morgan fingerprint density at radius 2 is 2.00 bits per heavy atom. The van der Waals surface area contributed by atoms with E-state index in [9.17, 15) is 5.11 Å². The fourth-order valence-corrected chi connectivity index (χ4v) is 3.16. The molecular formula is C13H16BrNO2S. The average molecular weight is 330 g/mol.